The van der Waals surface area contributed by atoms with Gasteiger partial charge in [0.15, 0.2) is 11.5 Å². The Bertz CT molecular complexity index is 616. The molecular formula is C15H16O3. The van der Waals surface area contributed by atoms with Crippen LogP contribution in [0.1, 0.15) is 16.7 Å². The first-order valence-electron chi connectivity index (χ1n) is 5.74. The van der Waals surface area contributed by atoms with Crippen molar-refractivity contribution in [1.29, 1.82) is 0 Å². The van der Waals surface area contributed by atoms with Crippen LogP contribution in [0.5, 0.6) is 17.2 Å². The van der Waals surface area contributed by atoms with E-state index in [9.17, 15) is 15.3 Å². The van der Waals surface area contributed by atoms with Crippen LogP contribution in [0.15, 0.2) is 24.3 Å². The van der Waals surface area contributed by atoms with Gasteiger partial charge in [-0.25, -0.2) is 0 Å². The van der Waals surface area contributed by atoms with E-state index < -0.39 is 5.75 Å². The Morgan fingerprint density at radius 3 is 1.94 bits per heavy atom. The molecule has 0 radical (unpaired) electrons. The molecule has 2 aromatic carbocycles. The van der Waals surface area contributed by atoms with Crippen molar-refractivity contribution in [3.05, 3.63) is 41.0 Å². The van der Waals surface area contributed by atoms with Crippen LogP contribution in [0.2, 0.25) is 0 Å². The van der Waals surface area contributed by atoms with Crippen LogP contribution in [0.4, 0.5) is 0 Å². The minimum absolute atomic E-state index is 0.278. The molecule has 0 fully saturated rings. The Morgan fingerprint density at radius 2 is 1.33 bits per heavy atom. The zero-order valence-corrected chi connectivity index (χ0v) is 10.7. The number of aryl methyl sites for hydroxylation is 3. The zero-order valence-electron chi connectivity index (χ0n) is 10.7. The summed E-state index contributed by atoms with van der Waals surface area (Å²) < 4.78 is 0. The summed E-state index contributed by atoms with van der Waals surface area (Å²) >= 11 is 0. The van der Waals surface area contributed by atoms with Gasteiger partial charge in [0, 0.05) is 5.56 Å². The molecule has 0 saturated heterocycles. The average Bonchev–Trinajstić information content (AvgIpc) is 2.35. The fourth-order valence-electron chi connectivity index (χ4n) is 1.91. The van der Waals surface area contributed by atoms with Crippen molar-refractivity contribution < 1.29 is 15.3 Å². The summed E-state index contributed by atoms with van der Waals surface area (Å²) in [4.78, 5) is 0. The van der Waals surface area contributed by atoms with E-state index >= 15 is 0 Å². The third-order valence-corrected chi connectivity index (χ3v) is 3.26. The first-order chi connectivity index (χ1) is 8.41. The van der Waals surface area contributed by atoms with Crippen molar-refractivity contribution >= 4 is 0 Å². The van der Waals surface area contributed by atoms with E-state index in [4.69, 9.17) is 0 Å². The molecule has 0 aliphatic carbocycles. The molecule has 0 heterocycles. The number of hydrogen-bond donors (Lipinski definition) is 3. The minimum Gasteiger partial charge on any atom is -0.504 e. The molecule has 0 aliphatic heterocycles. The first-order valence-corrected chi connectivity index (χ1v) is 5.74. The van der Waals surface area contributed by atoms with E-state index in [0.29, 0.717) is 11.1 Å². The normalized spacial score (nSPS) is 10.6. The van der Waals surface area contributed by atoms with Gasteiger partial charge in [-0.15, -0.1) is 0 Å². The lowest BCUT2D eigenvalue weighted by Gasteiger charge is -2.11. The fourth-order valence-corrected chi connectivity index (χ4v) is 1.91. The maximum Gasteiger partial charge on any atom is 0.201 e. The molecule has 94 valence electrons. The van der Waals surface area contributed by atoms with E-state index in [2.05, 4.69) is 0 Å². The molecule has 0 aromatic heterocycles. The Hall–Kier alpha value is -2.16. The van der Waals surface area contributed by atoms with Gasteiger partial charge in [-0.3, -0.25) is 0 Å². The van der Waals surface area contributed by atoms with Gasteiger partial charge >= 0.3 is 0 Å². The highest BCUT2D eigenvalue weighted by Gasteiger charge is 2.15. The molecule has 0 atom stereocenters. The quantitative estimate of drug-likeness (QED) is 0.674. The summed E-state index contributed by atoms with van der Waals surface area (Å²) in [5.41, 5.74) is 4.13. The van der Waals surface area contributed by atoms with E-state index in [0.717, 1.165) is 16.7 Å². The van der Waals surface area contributed by atoms with Crippen molar-refractivity contribution in [2.24, 2.45) is 0 Å². The third-order valence-electron chi connectivity index (χ3n) is 3.26. The lowest BCUT2D eigenvalue weighted by molar-refractivity contribution is 0.367. The van der Waals surface area contributed by atoms with Gasteiger partial charge in [-0.1, -0.05) is 18.2 Å². The molecule has 0 spiro atoms. The number of phenolic OH excluding ortho intramolecular Hbond substituents is 3. The van der Waals surface area contributed by atoms with Crippen molar-refractivity contribution in [3.8, 4) is 28.4 Å². The summed E-state index contributed by atoms with van der Waals surface area (Å²) in [5, 5.41) is 29.1. The highest BCUT2D eigenvalue weighted by atomic mass is 16.3. The van der Waals surface area contributed by atoms with Gasteiger partial charge in [0.1, 0.15) is 0 Å². The first kappa shape index (κ1) is 12.3. The van der Waals surface area contributed by atoms with Gasteiger partial charge in [0.05, 0.1) is 0 Å². The molecule has 2 rings (SSSR count). The highest BCUT2D eigenvalue weighted by molar-refractivity contribution is 5.77. The lowest BCUT2D eigenvalue weighted by atomic mass is 9.97. The molecule has 0 unspecified atom stereocenters. The number of rotatable bonds is 1. The molecule has 0 bridgehead atoms. The lowest BCUT2D eigenvalue weighted by Crippen LogP contribution is -1.87. The van der Waals surface area contributed by atoms with Gasteiger partial charge in [-0.05, 0) is 49.1 Å². The van der Waals surface area contributed by atoms with Crippen molar-refractivity contribution in [1.82, 2.24) is 0 Å². The maximum atomic E-state index is 9.91. The number of hydrogen-bond acceptors (Lipinski definition) is 3. The van der Waals surface area contributed by atoms with E-state index in [1.54, 1.807) is 13.0 Å². The molecule has 3 N–H and O–H groups in total. The van der Waals surface area contributed by atoms with Crippen molar-refractivity contribution in [2.45, 2.75) is 20.8 Å². The van der Waals surface area contributed by atoms with Crippen LogP contribution in [-0.4, -0.2) is 15.3 Å². The smallest absolute Gasteiger partial charge is 0.201 e. The summed E-state index contributed by atoms with van der Waals surface area (Å²) in [6.45, 7) is 5.68. The van der Waals surface area contributed by atoms with Crippen molar-refractivity contribution in [2.75, 3.05) is 0 Å². The average molecular weight is 244 g/mol. The predicted octanol–water partition coefficient (Wildman–Crippen LogP) is 3.40. The number of benzene rings is 2. The van der Waals surface area contributed by atoms with E-state index in [1.807, 2.05) is 32.0 Å². The zero-order chi connectivity index (χ0) is 13.4. The SMILES string of the molecule is Cc1ccc(-c2cc(C)c(O)c(O)c2O)cc1C. The molecule has 0 saturated carbocycles. The van der Waals surface area contributed by atoms with Gasteiger partial charge in [0.2, 0.25) is 5.75 Å². The Morgan fingerprint density at radius 1 is 0.667 bits per heavy atom. The second-order valence-corrected chi connectivity index (χ2v) is 4.59. The molecular weight excluding hydrogens is 228 g/mol. The molecule has 0 amide bonds. The largest absolute Gasteiger partial charge is 0.504 e. The van der Waals surface area contributed by atoms with E-state index in [1.165, 1.54) is 0 Å². The third kappa shape index (κ3) is 1.88. The standard InChI is InChI=1S/C15H16O3/c1-8-4-5-11(6-9(8)2)12-7-10(3)13(16)15(18)14(12)17/h4-7,16-18H,1-3H3. The second-order valence-electron chi connectivity index (χ2n) is 4.59. The summed E-state index contributed by atoms with van der Waals surface area (Å²) in [7, 11) is 0. The Kier molecular flexibility index (Phi) is 2.91. The Labute approximate surface area is 106 Å². The fraction of sp³-hybridized carbons (Fsp3) is 0.200. The molecule has 3 nitrogen and oxygen atoms in total. The Balaban J connectivity index is 2.67. The molecule has 18 heavy (non-hydrogen) atoms. The molecule has 3 heteroatoms. The minimum atomic E-state index is -0.469. The number of aromatic hydroxyl groups is 3. The predicted molar refractivity (Wildman–Crippen MR) is 71.1 cm³/mol. The maximum absolute atomic E-state index is 9.91. The summed E-state index contributed by atoms with van der Waals surface area (Å²) in [5.74, 6) is -1.04. The summed E-state index contributed by atoms with van der Waals surface area (Å²) in [6.07, 6.45) is 0. The van der Waals surface area contributed by atoms with Crippen molar-refractivity contribution in [3.63, 3.8) is 0 Å². The molecule has 2 aromatic rings. The van der Waals surface area contributed by atoms with Crippen LogP contribution in [0.3, 0.4) is 0 Å². The van der Waals surface area contributed by atoms with Crippen LogP contribution in [0, 0.1) is 20.8 Å². The summed E-state index contributed by atoms with van der Waals surface area (Å²) in [6, 6.07) is 7.45. The van der Waals surface area contributed by atoms with Gasteiger partial charge < -0.3 is 15.3 Å². The highest BCUT2D eigenvalue weighted by Crippen LogP contribution is 2.44. The second kappa shape index (κ2) is 4.26. The number of phenols is 3. The van der Waals surface area contributed by atoms with Gasteiger partial charge in [-0.2, -0.15) is 0 Å². The monoisotopic (exact) mass is 244 g/mol. The van der Waals surface area contributed by atoms with Gasteiger partial charge in [0.25, 0.3) is 0 Å². The topological polar surface area (TPSA) is 60.7 Å². The van der Waals surface area contributed by atoms with Crippen LogP contribution < -0.4 is 0 Å². The van der Waals surface area contributed by atoms with Crippen LogP contribution >= 0.6 is 0 Å². The van der Waals surface area contributed by atoms with Crippen LogP contribution in [0.25, 0.3) is 11.1 Å². The molecule has 0 aliphatic rings. The van der Waals surface area contributed by atoms with Crippen LogP contribution in [-0.2, 0) is 0 Å². The van der Waals surface area contributed by atoms with E-state index in [-0.39, 0.29) is 11.5 Å².